The highest BCUT2D eigenvalue weighted by molar-refractivity contribution is 7.86. The molecule has 0 bridgehead atoms. The van der Waals surface area contributed by atoms with E-state index in [1.54, 1.807) is 0 Å². The highest BCUT2D eigenvalue weighted by Gasteiger charge is 2.12. The summed E-state index contributed by atoms with van der Waals surface area (Å²) in [4.78, 5) is 11.5. The Balaban J connectivity index is 3.26. The van der Waals surface area contributed by atoms with E-state index in [2.05, 4.69) is 17.1 Å². The quantitative estimate of drug-likeness (QED) is 0.283. The standard InChI is InChI=1S/C18H37NO4S/c1-2-3-4-5-6-7-8-9-10-11-12-13-14-15-18(20)16-17-24(21,22)23-19/h2-17,19H2,1H3. The van der Waals surface area contributed by atoms with Crippen LogP contribution in [0.4, 0.5) is 0 Å². The molecule has 6 heteroatoms. The van der Waals surface area contributed by atoms with E-state index in [1.807, 2.05) is 0 Å². The molecule has 0 radical (unpaired) electrons. The van der Waals surface area contributed by atoms with E-state index >= 15 is 0 Å². The van der Waals surface area contributed by atoms with E-state index in [0.29, 0.717) is 6.42 Å². The zero-order valence-corrected chi connectivity index (χ0v) is 16.2. The Morgan fingerprint density at radius 1 is 0.750 bits per heavy atom. The van der Waals surface area contributed by atoms with Gasteiger partial charge in [0, 0.05) is 12.8 Å². The molecule has 0 aliphatic heterocycles. The van der Waals surface area contributed by atoms with Crippen molar-refractivity contribution in [3.8, 4) is 0 Å². The third-order valence-corrected chi connectivity index (χ3v) is 5.33. The second-order valence-electron chi connectivity index (χ2n) is 6.64. The highest BCUT2D eigenvalue weighted by atomic mass is 32.2. The van der Waals surface area contributed by atoms with Crippen molar-refractivity contribution < 1.29 is 17.5 Å². The van der Waals surface area contributed by atoms with Crippen LogP contribution in [-0.2, 0) is 19.2 Å². The van der Waals surface area contributed by atoms with E-state index in [1.165, 1.54) is 64.2 Å². The van der Waals surface area contributed by atoms with Crippen molar-refractivity contribution in [2.24, 2.45) is 5.90 Å². The zero-order chi connectivity index (χ0) is 18.1. The van der Waals surface area contributed by atoms with Gasteiger partial charge in [0.2, 0.25) is 0 Å². The van der Waals surface area contributed by atoms with Crippen LogP contribution in [0.15, 0.2) is 0 Å². The minimum absolute atomic E-state index is 0.00219. The van der Waals surface area contributed by atoms with Crippen LogP contribution < -0.4 is 5.90 Å². The summed E-state index contributed by atoms with van der Waals surface area (Å²) in [6.45, 7) is 2.25. The summed E-state index contributed by atoms with van der Waals surface area (Å²) in [7, 11) is -3.71. The van der Waals surface area contributed by atoms with Gasteiger partial charge in [-0.2, -0.15) is 18.6 Å². The van der Waals surface area contributed by atoms with Crippen LogP contribution in [-0.4, -0.2) is 20.0 Å². The lowest BCUT2D eigenvalue weighted by Crippen LogP contribution is -2.17. The summed E-state index contributed by atoms with van der Waals surface area (Å²) >= 11 is 0. The molecule has 0 heterocycles. The van der Waals surface area contributed by atoms with Crippen molar-refractivity contribution in [1.82, 2.24) is 0 Å². The number of unbranched alkanes of at least 4 members (excludes halogenated alkanes) is 12. The maximum atomic E-state index is 11.5. The number of carbonyl (C=O) groups excluding carboxylic acids is 1. The number of rotatable bonds is 18. The number of ketones is 1. The van der Waals surface area contributed by atoms with E-state index in [-0.39, 0.29) is 18.0 Å². The summed E-state index contributed by atoms with van der Waals surface area (Å²) in [6, 6.07) is 0. The topological polar surface area (TPSA) is 86.5 Å². The molecule has 0 saturated carbocycles. The summed E-state index contributed by atoms with van der Waals surface area (Å²) < 4.78 is 25.8. The fourth-order valence-electron chi connectivity index (χ4n) is 2.75. The molecule has 0 aromatic heterocycles. The SMILES string of the molecule is CCCCCCCCCCCCCCCC(=O)CCS(=O)(=O)ON. The Kier molecular flexibility index (Phi) is 15.7. The van der Waals surface area contributed by atoms with Crippen LogP contribution in [0.5, 0.6) is 0 Å². The first-order valence-electron chi connectivity index (χ1n) is 9.64. The Hall–Kier alpha value is -0.460. The first-order chi connectivity index (χ1) is 11.5. The average Bonchev–Trinajstić information content (AvgIpc) is 2.57. The van der Waals surface area contributed by atoms with Crippen molar-refractivity contribution >= 4 is 15.9 Å². The molecule has 0 amide bonds. The van der Waals surface area contributed by atoms with Crippen molar-refractivity contribution in [2.75, 3.05) is 5.75 Å². The van der Waals surface area contributed by atoms with Gasteiger partial charge in [0.1, 0.15) is 5.78 Å². The van der Waals surface area contributed by atoms with Crippen LogP contribution in [0.2, 0.25) is 0 Å². The second kappa shape index (κ2) is 16.0. The molecule has 0 spiro atoms. The average molecular weight is 364 g/mol. The molecule has 5 nitrogen and oxygen atoms in total. The lowest BCUT2D eigenvalue weighted by Gasteiger charge is -2.03. The highest BCUT2D eigenvalue weighted by Crippen LogP contribution is 2.13. The van der Waals surface area contributed by atoms with Crippen molar-refractivity contribution in [1.29, 1.82) is 0 Å². The predicted octanol–water partition coefficient (Wildman–Crippen LogP) is 4.65. The summed E-state index contributed by atoms with van der Waals surface area (Å²) in [5, 5.41) is 0. The maximum absolute atomic E-state index is 11.5. The number of hydrogen-bond acceptors (Lipinski definition) is 5. The van der Waals surface area contributed by atoms with E-state index in [4.69, 9.17) is 0 Å². The zero-order valence-electron chi connectivity index (χ0n) is 15.4. The third-order valence-electron chi connectivity index (χ3n) is 4.34. The molecule has 2 N–H and O–H groups in total. The van der Waals surface area contributed by atoms with Gasteiger partial charge in [0.05, 0.1) is 5.75 Å². The Bertz CT molecular complexity index is 396. The normalized spacial score (nSPS) is 11.8. The van der Waals surface area contributed by atoms with E-state index in [0.717, 1.165) is 19.3 Å². The first-order valence-corrected chi connectivity index (χ1v) is 11.2. The smallest absolute Gasteiger partial charge is 0.283 e. The second-order valence-corrected chi connectivity index (χ2v) is 8.36. The van der Waals surface area contributed by atoms with Crippen LogP contribution in [0.25, 0.3) is 0 Å². The van der Waals surface area contributed by atoms with Gasteiger partial charge in [-0.1, -0.05) is 84.0 Å². The van der Waals surface area contributed by atoms with Gasteiger partial charge >= 0.3 is 0 Å². The monoisotopic (exact) mass is 363 g/mol. The molecule has 0 unspecified atom stereocenters. The van der Waals surface area contributed by atoms with Gasteiger partial charge in [0.25, 0.3) is 10.1 Å². The summed E-state index contributed by atoms with van der Waals surface area (Å²) in [5.74, 6) is 4.27. The summed E-state index contributed by atoms with van der Waals surface area (Å²) in [5.41, 5.74) is 0. The number of carbonyl (C=O) groups is 1. The maximum Gasteiger partial charge on any atom is 0.283 e. The molecular weight excluding hydrogens is 326 g/mol. The van der Waals surface area contributed by atoms with Crippen LogP contribution in [0.3, 0.4) is 0 Å². The predicted molar refractivity (Wildman–Crippen MR) is 99.0 cm³/mol. The Morgan fingerprint density at radius 2 is 1.17 bits per heavy atom. The minimum atomic E-state index is -3.71. The molecule has 24 heavy (non-hydrogen) atoms. The minimum Gasteiger partial charge on any atom is -0.300 e. The van der Waals surface area contributed by atoms with Gasteiger partial charge in [0.15, 0.2) is 0 Å². The number of Topliss-reactive ketones (excluding diaryl/α,β-unsaturated/α-hetero) is 1. The summed E-state index contributed by atoms with van der Waals surface area (Å²) in [6.07, 6.45) is 16.9. The molecular formula is C18H37NO4S. The molecule has 0 atom stereocenters. The molecule has 0 fully saturated rings. The third kappa shape index (κ3) is 16.4. The lowest BCUT2D eigenvalue weighted by atomic mass is 10.0. The fraction of sp³-hybridized carbons (Fsp3) is 0.944. The lowest BCUT2D eigenvalue weighted by molar-refractivity contribution is -0.118. The van der Waals surface area contributed by atoms with Crippen molar-refractivity contribution in [3.63, 3.8) is 0 Å². The van der Waals surface area contributed by atoms with Gasteiger partial charge in [-0.3, -0.25) is 4.79 Å². The number of hydrogen-bond donors (Lipinski definition) is 1. The van der Waals surface area contributed by atoms with Gasteiger partial charge in [-0.15, -0.1) is 0 Å². The van der Waals surface area contributed by atoms with E-state index in [9.17, 15) is 13.2 Å². The number of nitrogens with two attached hydrogens (primary N) is 1. The van der Waals surface area contributed by atoms with Gasteiger partial charge in [-0.05, 0) is 6.42 Å². The molecule has 0 saturated heterocycles. The van der Waals surface area contributed by atoms with Crippen molar-refractivity contribution in [3.05, 3.63) is 0 Å². The molecule has 144 valence electrons. The molecule has 0 aromatic rings. The molecule has 0 rings (SSSR count). The molecule has 0 aliphatic carbocycles. The van der Waals surface area contributed by atoms with Crippen LogP contribution in [0, 0.1) is 0 Å². The Labute approximate surface area is 148 Å². The van der Waals surface area contributed by atoms with E-state index < -0.39 is 10.1 Å². The van der Waals surface area contributed by atoms with Crippen LogP contribution >= 0.6 is 0 Å². The fourth-order valence-corrected chi connectivity index (χ4v) is 3.33. The first kappa shape index (κ1) is 23.5. The van der Waals surface area contributed by atoms with Crippen LogP contribution in [0.1, 0.15) is 103 Å². The van der Waals surface area contributed by atoms with Gasteiger partial charge < -0.3 is 0 Å². The molecule has 0 aliphatic rings. The Morgan fingerprint density at radius 3 is 1.58 bits per heavy atom. The van der Waals surface area contributed by atoms with Crippen molar-refractivity contribution in [2.45, 2.75) is 103 Å². The molecule has 0 aromatic carbocycles. The largest absolute Gasteiger partial charge is 0.300 e. The van der Waals surface area contributed by atoms with Gasteiger partial charge in [-0.25, -0.2) is 0 Å².